The summed E-state index contributed by atoms with van der Waals surface area (Å²) in [5.74, 6) is 1.07. The maximum absolute atomic E-state index is 6.08. The van der Waals surface area contributed by atoms with Gasteiger partial charge in [0.1, 0.15) is 11.3 Å². The van der Waals surface area contributed by atoms with E-state index in [2.05, 4.69) is 23.6 Å². The second-order valence-electron chi connectivity index (χ2n) is 5.21. The third-order valence-corrected chi connectivity index (χ3v) is 3.83. The molecule has 0 aliphatic heterocycles. The van der Waals surface area contributed by atoms with Crippen LogP contribution in [0, 0.1) is 0 Å². The van der Waals surface area contributed by atoms with Gasteiger partial charge < -0.3 is 10.3 Å². The van der Waals surface area contributed by atoms with Gasteiger partial charge in [-0.25, -0.2) is 4.98 Å². The van der Waals surface area contributed by atoms with Crippen LogP contribution in [0.5, 0.6) is 0 Å². The normalized spacial score (nSPS) is 11.1. The van der Waals surface area contributed by atoms with Crippen molar-refractivity contribution in [3.63, 3.8) is 0 Å². The Labute approximate surface area is 129 Å². The number of fused-ring (bicyclic) bond motifs is 1. The van der Waals surface area contributed by atoms with Crippen LogP contribution in [0.1, 0.15) is 24.7 Å². The number of nitrogens with two attached hydrogens (primary N) is 1. The topological polar surface area (TPSA) is 43.8 Å². The van der Waals surface area contributed by atoms with Gasteiger partial charge in [0.15, 0.2) is 0 Å². The fraction of sp³-hybridized carbons (Fsp3) is 0.235. The Morgan fingerprint density at radius 3 is 2.76 bits per heavy atom. The van der Waals surface area contributed by atoms with E-state index in [9.17, 15) is 0 Å². The lowest BCUT2D eigenvalue weighted by molar-refractivity contribution is 0.722. The van der Waals surface area contributed by atoms with Crippen molar-refractivity contribution in [3.8, 4) is 0 Å². The van der Waals surface area contributed by atoms with Crippen molar-refractivity contribution in [2.45, 2.75) is 26.3 Å². The number of anilines is 1. The second kappa shape index (κ2) is 5.78. The molecule has 0 saturated heterocycles. The SMILES string of the molecule is CCCc1nc2c(N)cccc2n1Cc1cccc(Cl)c1. The largest absolute Gasteiger partial charge is 0.397 e. The van der Waals surface area contributed by atoms with Crippen molar-refractivity contribution in [2.75, 3.05) is 5.73 Å². The van der Waals surface area contributed by atoms with Gasteiger partial charge in [-0.2, -0.15) is 0 Å². The number of halogens is 1. The highest BCUT2D eigenvalue weighted by molar-refractivity contribution is 6.30. The number of imidazole rings is 1. The first-order valence-corrected chi connectivity index (χ1v) is 7.55. The minimum Gasteiger partial charge on any atom is -0.397 e. The van der Waals surface area contributed by atoms with E-state index in [0.717, 1.165) is 47.0 Å². The molecule has 3 rings (SSSR count). The van der Waals surface area contributed by atoms with Gasteiger partial charge in [0.25, 0.3) is 0 Å². The molecule has 0 fully saturated rings. The monoisotopic (exact) mass is 299 g/mol. The van der Waals surface area contributed by atoms with Gasteiger partial charge in [-0.1, -0.05) is 36.7 Å². The van der Waals surface area contributed by atoms with E-state index in [4.69, 9.17) is 22.3 Å². The lowest BCUT2D eigenvalue weighted by Crippen LogP contribution is -2.05. The fourth-order valence-corrected chi connectivity index (χ4v) is 2.84. The predicted octanol–water partition coefficient (Wildman–Crippen LogP) is 4.27. The van der Waals surface area contributed by atoms with Crippen molar-refractivity contribution < 1.29 is 0 Å². The quantitative estimate of drug-likeness (QED) is 0.731. The summed E-state index contributed by atoms with van der Waals surface area (Å²) in [7, 11) is 0. The molecule has 21 heavy (non-hydrogen) atoms. The number of nitrogens with zero attached hydrogens (tertiary/aromatic N) is 2. The number of para-hydroxylation sites is 1. The maximum Gasteiger partial charge on any atom is 0.112 e. The molecule has 1 aromatic heterocycles. The summed E-state index contributed by atoms with van der Waals surface area (Å²) < 4.78 is 2.24. The van der Waals surface area contributed by atoms with E-state index in [1.807, 2.05) is 30.3 Å². The summed E-state index contributed by atoms with van der Waals surface area (Å²) >= 11 is 6.08. The molecular weight excluding hydrogens is 282 g/mol. The molecular formula is C17H18ClN3. The second-order valence-corrected chi connectivity index (χ2v) is 5.65. The van der Waals surface area contributed by atoms with Crippen molar-refractivity contribution in [3.05, 3.63) is 58.9 Å². The van der Waals surface area contributed by atoms with Gasteiger partial charge in [-0.05, 0) is 36.2 Å². The van der Waals surface area contributed by atoms with Crippen LogP contribution in [0.3, 0.4) is 0 Å². The molecule has 0 bridgehead atoms. The van der Waals surface area contributed by atoms with Crippen molar-refractivity contribution in [1.29, 1.82) is 0 Å². The van der Waals surface area contributed by atoms with Crippen LogP contribution < -0.4 is 5.73 Å². The standard InChI is InChI=1S/C17H18ClN3/c1-2-5-16-20-17-14(19)8-4-9-15(17)21(16)11-12-6-3-7-13(18)10-12/h3-4,6-10H,2,5,11,19H2,1H3. The molecule has 0 amide bonds. The number of aromatic nitrogens is 2. The first-order chi connectivity index (χ1) is 10.2. The molecule has 0 atom stereocenters. The van der Waals surface area contributed by atoms with Crippen LogP contribution in [0.4, 0.5) is 5.69 Å². The van der Waals surface area contributed by atoms with Crippen molar-refractivity contribution in [1.82, 2.24) is 9.55 Å². The van der Waals surface area contributed by atoms with E-state index >= 15 is 0 Å². The van der Waals surface area contributed by atoms with Crippen LogP contribution in [0.2, 0.25) is 5.02 Å². The molecule has 0 spiro atoms. The molecule has 0 saturated carbocycles. The van der Waals surface area contributed by atoms with Gasteiger partial charge in [0.2, 0.25) is 0 Å². The van der Waals surface area contributed by atoms with Gasteiger partial charge in [-0.15, -0.1) is 0 Å². The van der Waals surface area contributed by atoms with Gasteiger partial charge in [0.05, 0.1) is 11.2 Å². The van der Waals surface area contributed by atoms with Crippen LogP contribution in [0.25, 0.3) is 11.0 Å². The molecule has 3 aromatic rings. The Morgan fingerprint density at radius 1 is 1.19 bits per heavy atom. The van der Waals surface area contributed by atoms with Crippen molar-refractivity contribution in [2.24, 2.45) is 0 Å². The third kappa shape index (κ3) is 2.74. The highest BCUT2D eigenvalue weighted by Gasteiger charge is 2.12. The Bertz CT molecular complexity index is 777. The average molecular weight is 300 g/mol. The number of nitrogen functional groups attached to an aromatic ring is 1. The van der Waals surface area contributed by atoms with E-state index in [0.29, 0.717) is 0 Å². The number of hydrogen-bond donors (Lipinski definition) is 1. The number of benzene rings is 2. The Kier molecular flexibility index (Phi) is 3.84. The highest BCUT2D eigenvalue weighted by Crippen LogP contribution is 2.24. The summed E-state index contributed by atoms with van der Waals surface area (Å²) in [5.41, 5.74) is 9.93. The Morgan fingerprint density at radius 2 is 2.00 bits per heavy atom. The first kappa shape index (κ1) is 14.0. The van der Waals surface area contributed by atoms with E-state index in [1.165, 1.54) is 5.56 Å². The molecule has 108 valence electrons. The zero-order valence-corrected chi connectivity index (χ0v) is 12.8. The number of aryl methyl sites for hydroxylation is 1. The summed E-state index contributed by atoms with van der Waals surface area (Å²) in [4.78, 5) is 4.73. The summed E-state index contributed by atoms with van der Waals surface area (Å²) in [6, 6.07) is 13.9. The molecule has 0 aliphatic carbocycles. The number of rotatable bonds is 4. The predicted molar refractivity (Wildman–Crippen MR) is 88.7 cm³/mol. The fourth-order valence-electron chi connectivity index (χ4n) is 2.63. The Hall–Kier alpha value is -2.00. The van der Waals surface area contributed by atoms with Gasteiger partial charge in [-0.3, -0.25) is 0 Å². The lowest BCUT2D eigenvalue weighted by atomic mass is 10.2. The van der Waals surface area contributed by atoms with E-state index < -0.39 is 0 Å². The summed E-state index contributed by atoms with van der Waals surface area (Å²) in [6.45, 7) is 2.92. The maximum atomic E-state index is 6.08. The van der Waals surface area contributed by atoms with E-state index in [1.54, 1.807) is 0 Å². The molecule has 0 unspecified atom stereocenters. The summed E-state index contributed by atoms with van der Waals surface area (Å²) in [5, 5.41) is 0.758. The molecule has 0 aliphatic rings. The molecule has 0 radical (unpaired) electrons. The van der Waals surface area contributed by atoms with Crippen LogP contribution in [0.15, 0.2) is 42.5 Å². The molecule has 2 aromatic carbocycles. The number of hydrogen-bond acceptors (Lipinski definition) is 2. The zero-order chi connectivity index (χ0) is 14.8. The lowest BCUT2D eigenvalue weighted by Gasteiger charge is -2.09. The molecule has 3 nitrogen and oxygen atoms in total. The van der Waals surface area contributed by atoms with Crippen LogP contribution in [-0.4, -0.2) is 9.55 Å². The average Bonchev–Trinajstić information content (AvgIpc) is 2.79. The minimum absolute atomic E-state index is 0.731. The van der Waals surface area contributed by atoms with Crippen LogP contribution in [-0.2, 0) is 13.0 Å². The van der Waals surface area contributed by atoms with E-state index in [-0.39, 0.29) is 0 Å². The Balaban J connectivity index is 2.11. The molecule has 4 heteroatoms. The van der Waals surface area contributed by atoms with Gasteiger partial charge >= 0.3 is 0 Å². The molecule has 2 N–H and O–H groups in total. The smallest absolute Gasteiger partial charge is 0.112 e. The van der Waals surface area contributed by atoms with Crippen molar-refractivity contribution >= 4 is 28.3 Å². The summed E-state index contributed by atoms with van der Waals surface area (Å²) in [6.07, 6.45) is 1.99. The highest BCUT2D eigenvalue weighted by atomic mass is 35.5. The first-order valence-electron chi connectivity index (χ1n) is 7.17. The molecule has 1 heterocycles. The minimum atomic E-state index is 0.731. The third-order valence-electron chi connectivity index (χ3n) is 3.59. The zero-order valence-electron chi connectivity index (χ0n) is 12.0. The van der Waals surface area contributed by atoms with Gasteiger partial charge in [0, 0.05) is 18.0 Å². The van der Waals surface area contributed by atoms with Crippen LogP contribution >= 0.6 is 11.6 Å².